The van der Waals surface area contributed by atoms with Crippen LogP contribution in [0.4, 0.5) is 11.5 Å². The van der Waals surface area contributed by atoms with E-state index in [1.54, 1.807) is 6.07 Å². The number of amides is 1. The summed E-state index contributed by atoms with van der Waals surface area (Å²) in [7, 11) is 0. The van der Waals surface area contributed by atoms with E-state index < -0.39 is 0 Å². The van der Waals surface area contributed by atoms with Crippen LogP contribution in [0.25, 0.3) is 0 Å². The van der Waals surface area contributed by atoms with Crippen molar-refractivity contribution in [2.45, 2.75) is 13.5 Å². The van der Waals surface area contributed by atoms with Gasteiger partial charge < -0.3 is 14.7 Å². The second-order valence-corrected chi connectivity index (χ2v) is 9.85. The highest BCUT2D eigenvalue weighted by Crippen LogP contribution is 2.23. The molecule has 0 atom stereocenters. The predicted molar refractivity (Wildman–Crippen MR) is 150 cm³/mol. The van der Waals surface area contributed by atoms with Gasteiger partial charge in [-0.1, -0.05) is 36.3 Å². The number of benzene rings is 2. The Labute approximate surface area is 224 Å². The van der Waals surface area contributed by atoms with Crippen LogP contribution in [-0.2, 0) is 6.54 Å². The first-order valence-electron chi connectivity index (χ1n) is 13.1. The Bertz CT molecular complexity index is 1390. The minimum Gasteiger partial charge on any atom is -0.368 e. The molecule has 7 nitrogen and oxygen atoms in total. The zero-order valence-electron chi connectivity index (χ0n) is 21.8. The van der Waals surface area contributed by atoms with Crippen LogP contribution in [0.1, 0.15) is 32.7 Å². The number of carbonyl (C=O) groups excluding carboxylic acids is 1. The SMILES string of the molecule is C#Cc1ccccc1N1CCN(Cc2ccc(C)c(C(=O)N3CCN(c4cccc(C#N)n4)CC3)c2)CC1. The average molecular weight is 505 g/mol. The molecular formula is C31H32N6O. The maximum Gasteiger partial charge on any atom is 0.254 e. The third-order valence-corrected chi connectivity index (χ3v) is 7.45. The summed E-state index contributed by atoms with van der Waals surface area (Å²) in [5, 5.41) is 9.14. The number of hydrogen-bond acceptors (Lipinski definition) is 6. The van der Waals surface area contributed by atoms with E-state index in [0.717, 1.165) is 66.5 Å². The second-order valence-electron chi connectivity index (χ2n) is 9.85. The fraction of sp³-hybridized carbons (Fsp3) is 0.323. The number of rotatable bonds is 5. The standard InChI is InChI=1S/C31H32N6O/c1-3-26-7-4-5-9-29(26)35-15-13-34(14-16-35)23-25-12-11-24(2)28(21-25)31(38)37-19-17-36(18-20-37)30-10-6-8-27(22-32)33-30/h1,4-12,21H,13-20,23H2,2H3. The molecule has 38 heavy (non-hydrogen) atoms. The van der Waals surface area contributed by atoms with E-state index in [4.69, 9.17) is 11.7 Å². The molecule has 0 unspecified atom stereocenters. The summed E-state index contributed by atoms with van der Waals surface area (Å²) in [6.07, 6.45) is 5.70. The summed E-state index contributed by atoms with van der Waals surface area (Å²) < 4.78 is 0. The van der Waals surface area contributed by atoms with E-state index in [1.807, 2.05) is 42.2 Å². The van der Waals surface area contributed by atoms with Crippen molar-refractivity contribution in [2.24, 2.45) is 0 Å². The topological polar surface area (TPSA) is 66.7 Å². The van der Waals surface area contributed by atoms with Gasteiger partial charge in [0.25, 0.3) is 5.91 Å². The van der Waals surface area contributed by atoms with E-state index in [2.05, 4.69) is 55.9 Å². The van der Waals surface area contributed by atoms with E-state index in [0.29, 0.717) is 31.9 Å². The fourth-order valence-electron chi connectivity index (χ4n) is 5.25. The van der Waals surface area contributed by atoms with Gasteiger partial charge in [0.1, 0.15) is 17.6 Å². The lowest BCUT2D eigenvalue weighted by molar-refractivity contribution is 0.0745. The Balaban J connectivity index is 1.19. The molecule has 2 fully saturated rings. The normalized spacial score (nSPS) is 16.1. The van der Waals surface area contributed by atoms with Gasteiger partial charge in [-0.3, -0.25) is 9.69 Å². The fourth-order valence-corrected chi connectivity index (χ4v) is 5.25. The number of hydrogen-bond donors (Lipinski definition) is 0. The second kappa shape index (κ2) is 11.4. The molecule has 2 saturated heterocycles. The van der Waals surface area contributed by atoms with Crippen molar-refractivity contribution in [3.05, 3.63) is 88.6 Å². The summed E-state index contributed by atoms with van der Waals surface area (Å²) in [6, 6.07) is 22.0. The van der Waals surface area contributed by atoms with Crippen LogP contribution in [0.15, 0.2) is 60.7 Å². The Morgan fingerprint density at radius 3 is 2.39 bits per heavy atom. The summed E-state index contributed by atoms with van der Waals surface area (Å²) in [4.78, 5) is 26.7. The van der Waals surface area contributed by atoms with Crippen LogP contribution in [0, 0.1) is 30.6 Å². The Morgan fingerprint density at radius 2 is 1.66 bits per heavy atom. The molecule has 2 aromatic carbocycles. The van der Waals surface area contributed by atoms with Gasteiger partial charge in [0.05, 0.1) is 5.69 Å². The zero-order valence-corrected chi connectivity index (χ0v) is 21.8. The van der Waals surface area contributed by atoms with E-state index in [9.17, 15) is 4.79 Å². The van der Waals surface area contributed by atoms with Crippen molar-refractivity contribution in [2.75, 3.05) is 62.2 Å². The lowest BCUT2D eigenvalue weighted by Gasteiger charge is -2.37. The Kier molecular flexibility index (Phi) is 7.58. The van der Waals surface area contributed by atoms with Crippen molar-refractivity contribution < 1.29 is 4.79 Å². The molecule has 1 aromatic heterocycles. The smallest absolute Gasteiger partial charge is 0.254 e. The number of nitriles is 1. The molecule has 1 amide bonds. The van der Waals surface area contributed by atoms with Crippen molar-refractivity contribution in [1.82, 2.24) is 14.8 Å². The first-order chi connectivity index (χ1) is 18.6. The summed E-state index contributed by atoms with van der Waals surface area (Å²) in [5.74, 6) is 3.67. The summed E-state index contributed by atoms with van der Waals surface area (Å²) >= 11 is 0. The number of carbonyl (C=O) groups is 1. The maximum absolute atomic E-state index is 13.5. The maximum atomic E-state index is 13.5. The van der Waals surface area contributed by atoms with Crippen LogP contribution in [0.5, 0.6) is 0 Å². The number of aromatic nitrogens is 1. The highest BCUT2D eigenvalue weighted by molar-refractivity contribution is 5.96. The van der Waals surface area contributed by atoms with Gasteiger partial charge >= 0.3 is 0 Å². The van der Waals surface area contributed by atoms with Gasteiger partial charge in [0.15, 0.2) is 0 Å². The highest BCUT2D eigenvalue weighted by atomic mass is 16.2. The molecule has 0 aliphatic carbocycles. The average Bonchev–Trinajstić information content (AvgIpc) is 2.98. The molecule has 0 saturated carbocycles. The number of aryl methyl sites for hydroxylation is 1. The van der Waals surface area contributed by atoms with Crippen LogP contribution in [-0.4, -0.2) is 73.0 Å². The molecule has 7 heteroatoms. The molecule has 2 aliphatic rings. The molecule has 2 aliphatic heterocycles. The van der Waals surface area contributed by atoms with Gasteiger partial charge in [-0.05, 0) is 48.4 Å². The van der Waals surface area contributed by atoms with Crippen LogP contribution in [0.3, 0.4) is 0 Å². The van der Waals surface area contributed by atoms with Gasteiger partial charge in [0.2, 0.25) is 0 Å². The minimum atomic E-state index is 0.0819. The molecule has 192 valence electrons. The monoisotopic (exact) mass is 504 g/mol. The van der Waals surface area contributed by atoms with Crippen molar-refractivity contribution in [3.8, 4) is 18.4 Å². The van der Waals surface area contributed by atoms with Gasteiger partial charge in [0, 0.05) is 70.0 Å². The van der Waals surface area contributed by atoms with Crippen molar-refractivity contribution >= 4 is 17.4 Å². The van der Waals surface area contributed by atoms with Crippen molar-refractivity contribution in [3.63, 3.8) is 0 Å². The number of pyridine rings is 1. The van der Waals surface area contributed by atoms with Gasteiger partial charge in [-0.15, -0.1) is 6.42 Å². The highest BCUT2D eigenvalue weighted by Gasteiger charge is 2.25. The number of para-hydroxylation sites is 1. The third kappa shape index (κ3) is 5.49. The van der Waals surface area contributed by atoms with Crippen molar-refractivity contribution in [1.29, 1.82) is 5.26 Å². The molecule has 0 spiro atoms. The number of terminal acetylenes is 1. The van der Waals surface area contributed by atoms with Gasteiger partial charge in [-0.25, -0.2) is 4.98 Å². The summed E-state index contributed by atoms with van der Waals surface area (Å²) in [6.45, 7) is 9.20. The lowest BCUT2D eigenvalue weighted by atomic mass is 10.0. The predicted octanol–water partition coefficient (Wildman–Crippen LogP) is 3.53. The first kappa shape index (κ1) is 25.3. The number of piperazine rings is 2. The molecule has 3 aromatic rings. The van der Waals surface area contributed by atoms with Crippen LogP contribution < -0.4 is 9.80 Å². The number of anilines is 2. The lowest BCUT2D eigenvalue weighted by Crippen LogP contribution is -2.49. The zero-order chi connectivity index (χ0) is 26.5. The van der Waals surface area contributed by atoms with Crippen LogP contribution in [0.2, 0.25) is 0 Å². The van der Waals surface area contributed by atoms with E-state index in [-0.39, 0.29) is 5.91 Å². The molecule has 3 heterocycles. The van der Waals surface area contributed by atoms with E-state index in [1.165, 1.54) is 0 Å². The minimum absolute atomic E-state index is 0.0819. The quantitative estimate of drug-likeness (QED) is 0.496. The number of nitrogens with zero attached hydrogens (tertiary/aromatic N) is 6. The molecule has 5 rings (SSSR count). The Morgan fingerprint density at radius 1 is 0.921 bits per heavy atom. The Hall–Kier alpha value is -4.33. The third-order valence-electron chi connectivity index (χ3n) is 7.45. The molecule has 0 radical (unpaired) electrons. The van der Waals surface area contributed by atoms with E-state index >= 15 is 0 Å². The molecule has 0 bridgehead atoms. The summed E-state index contributed by atoms with van der Waals surface area (Å²) in [5.41, 5.74) is 5.42. The van der Waals surface area contributed by atoms with Crippen LogP contribution >= 0.6 is 0 Å². The largest absolute Gasteiger partial charge is 0.368 e. The first-order valence-corrected chi connectivity index (χ1v) is 13.1. The molecule has 0 N–H and O–H groups in total. The molecular weight excluding hydrogens is 472 g/mol. The van der Waals surface area contributed by atoms with Gasteiger partial charge in [-0.2, -0.15) is 5.26 Å².